The highest BCUT2D eigenvalue weighted by atomic mass is 16.5. The van der Waals surface area contributed by atoms with Gasteiger partial charge < -0.3 is 14.8 Å². The van der Waals surface area contributed by atoms with Gasteiger partial charge in [0.05, 0.1) is 19.3 Å². The Labute approximate surface area is 167 Å². The summed E-state index contributed by atoms with van der Waals surface area (Å²) in [6.07, 6.45) is 7.95. The zero-order valence-corrected chi connectivity index (χ0v) is 16.9. The molecule has 0 atom stereocenters. The lowest BCUT2D eigenvalue weighted by Crippen LogP contribution is -2.46. The normalized spacial score (nSPS) is 18.6. The molecule has 2 aromatic rings. The van der Waals surface area contributed by atoms with Crippen molar-refractivity contribution in [1.82, 2.24) is 14.9 Å². The lowest BCUT2D eigenvalue weighted by atomic mass is 9.79. The standard InChI is InChI=1S/C22H30N4O2/c1-3-9-23-21-24-14-17(15-25-21)16-26-10-7-22(8-11-26)20-5-4-19(27-2)13-18(20)6-12-28-22/h4-5,13-15H,3,6-12,16H2,1-2H3,(H,23,24,25). The van der Waals surface area contributed by atoms with E-state index in [1.807, 2.05) is 12.4 Å². The first-order valence-corrected chi connectivity index (χ1v) is 10.3. The maximum Gasteiger partial charge on any atom is 0.222 e. The second-order valence-electron chi connectivity index (χ2n) is 7.73. The number of nitrogens with one attached hydrogen (secondary N) is 1. The van der Waals surface area contributed by atoms with Gasteiger partial charge in [-0.25, -0.2) is 9.97 Å². The quantitative estimate of drug-likeness (QED) is 0.827. The van der Waals surface area contributed by atoms with Gasteiger partial charge in [-0.3, -0.25) is 4.90 Å². The van der Waals surface area contributed by atoms with E-state index in [0.717, 1.165) is 69.8 Å². The first kappa shape index (κ1) is 19.2. The number of rotatable bonds is 6. The van der Waals surface area contributed by atoms with Crippen molar-refractivity contribution in [2.75, 3.05) is 38.7 Å². The predicted octanol–water partition coefficient (Wildman–Crippen LogP) is 3.37. The summed E-state index contributed by atoms with van der Waals surface area (Å²) in [5.41, 5.74) is 3.75. The van der Waals surface area contributed by atoms with Crippen molar-refractivity contribution in [2.45, 2.75) is 44.8 Å². The molecule has 0 saturated carbocycles. The SMILES string of the molecule is CCCNc1ncc(CN2CCC3(CC2)OCCc2cc(OC)ccc23)cn1. The Balaban J connectivity index is 1.39. The third-order valence-corrected chi connectivity index (χ3v) is 5.86. The van der Waals surface area contributed by atoms with Crippen LogP contribution in [0.4, 0.5) is 5.95 Å². The second kappa shape index (κ2) is 8.45. The fourth-order valence-electron chi connectivity index (χ4n) is 4.29. The number of nitrogens with zero attached hydrogens (tertiary/aromatic N) is 3. The van der Waals surface area contributed by atoms with E-state index in [0.29, 0.717) is 5.95 Å². The van der Waals surface area contributed by atoms with Crippen LogP contribution < -0.4 is 10.1 Å². The highest BCUT2D eigenvalue weighted by molar-refractivity contribution is 5.41. The molecule has 150 valence electrons. The molecule has 0 amide bonds. The Morgan fingerprint density at radius 3 is 2.71 bits per heavy atom. The smallest absolute Gasteiger partial charge is 0.222 e. The molecule has 2 aliphatic rings. The summed E-state index contributed by atoms with van der Waals surface area (Å²) < 4.78 is 11.8. The molecule has 4 rings (SSSR count). The van der Waals surface area contributed by atoms with Crippen molar-refractivity contribution in [1.29, 1.82) is 0 Å². The summed E-state index contributed by atoms with van der Waals surface area (Å²) in [5, 5.41) is 3.22. The summed E-state index contributed by atoms with van der Waals surface area (Å²) in [7, 11) is 1.73. The molecule has 1 aromatic carbocycles. The van der Waals surface area contributed by atoms with Crippen LogP contribution >= 0.6 is 0 Å². The van der Waals surface area contributed by atoms with E-state index in [-0.39, 0.29) is 5.60 Å². The molecule has 2 aliphatic heterocycles. The predicted molar refractivity (Wildman–Crippen MR) is 110 cm³/mol. The van der Waals surface area contributed by atoms with Gasteiger partial charge in [0.15, 0.2) is 0 Å². The van der Waals surface area contributed by atoms with Crippen LogP contribution in [0.1, 0.15) is 42.9 Å². The average Bonchev–Trinajstić information content (AvgIpc) is 2.75. The van der Waals surface area contributed by atoms with E-state index >= 15 is 0 Å². The van der Waals surface area contributed by atoms with E-state index in [9.17, 15) is 0 Å². The minimum absolute atomic E-state index is 0.138. The molecule has 0 radical (unpaired) electrons. The van der Waals surface area contributed by atoms with Gasteiger partial charge in [-0.15, -0.1) is 0 Å². The Bertz CT molecular complexity index is 786. The van der Waals surface area contributed by atoms with Crippen LogP contribution in [0.15, 0.2) is 30.6 Å². The number of hydrogen-bond donors (Lipinski definition) is 1. The van der Waals surface area contributed by atoms with E-state index in [2.05, 4.69) is 45.3 Å². The molecule has 3 heterocycles. The van der Waals surface area contributed by atoms with E-state index in [4.69, 9.17) is 9.47 Å². The molecule has 1 spiro atoms. The molecular weight excluding hydrogens is 352 g/mol. The summed E-state index contributed by atoms with van der Waals surface area (Å²) in [6, 6.07) is 6.45. The van der Waals surface area contributed by atoms with Crippen LogP contribution in [0, 0.1) is 0 Å². The maximum absolute atomic E-state index is 6.36. The molecule has 1 aromatic heterocycles. The molecule has 0 unspecified atom stereocenters. The van der Waals surface area contributed by atoms with Crippen molar-refractivity contribution < 1.29 is 9.47 Å². The van der Waals surface area contributed by atoms with Crippen LogP contribution in [-0.2, 0) is 23.3 Å². The van der Waals surface area contributed by atoms with Gasteiger partial charge in [-0.2, -0.15) is 0 Å². The fraction of sp³-hybridized carbons (Fsp3) is 0.545. The highest BCUT2D eigenvalue weighted by Gasteiger charge is 2.40. The van der Waals surface area contributed by atoms with E-state index in [1.165, 1.54) is 11.1 Å². The van der Waals surface area contributed by atoms with Gasteiger partial charge in [0.1, 0.15) is 5.75 Å². The number of hydrogen-bond acceptors (Lipinski definition) is 6. The van der Waals surface area contributed by atoms with Crippen molar-refractivity contribution in [3.8, 4) is 5.75 Å². The van der Waals surface area contributed by atoms with Crippen LogP contribution in [0.5, 0.6) is 5.75 Å². The van der Waals surface area contributed by atoms with Crippen molar-refractivity contribution in [3.63, 3.8) is 0 Å². The molecule has 6 nitrogen and oxygen atoms in total. The second-order valence-corrected chi connectivity index (χ2v) is 7.73. The largest absolute Gasteiger partial charge is 0.497 e. The molecule has 1 N–H and O–H groups in total. The van der Waals surface area contributed by atoms with Crippen LogP contribution in [0.2, 0.25) is 0 Å². The molecule has 1 saturated heterocycles. The van der Waals surface area contributed by atoms with Gasteiger partial charge >= 0.3 is 0 Å². The lowest BCUT2D eigenvalue weighted by Gasteiger charge is -2.45. The van der Waals surface area contributed by atoms with Gasteiger partial charge in [-0.05, 0) is 48.9 Å². The summed E-state index contributed by atoms with van der Waals surface area (Å²) in [4.78, 5) is 11.3. The lowest BCUT2D eigenvalue weighted by molar-refractivity contribution is -0.0989. The first-order chi connectivity index (χ1) is 13.7. The Kier molecular flexibility index (Phi) is 5.78. The zero-order chi connectivity index (χ0) is 19.4. The molecule has 0 bridgehead atoms. The Hall–Kier alpha value is -2.18. The number of likely N-dealkylation sites (tertiary alicyclic amines) is 1. The number of benzene rings is 1. The minimum Gasteiger partial charge on any atom is -0.497 e. The number of methoxy groups -OCH3 is 1. The van der Waals surface area contributed by atoms with Crippen molar-refractivity contribution >= 4 is 5.95 Å². The number of ether oxygens (including phenoxy) is 2. The van der Waals surface area contributed by atoms with Crippen molar-refractivity contribution in [3.05, 3.63) is 47.3 Å². The van der Waals surface area contributed by atoms with Crippen molar-refractivity contribution in [2.24, 2.45) is 0 Å². The summed E-state index contributed by atoms with van der Waals surface area (Å²) >= 11 is 0. The number of aromatic nitrogens is 2. The van der Waals surface area contributed by atoms with Gasteiger partial charge in [-0.1, -0.05) is 13.0 Å². The number of piperidine rings is 1. The third-order valence-electron chi connectivity index (χ3n) is 5.86. The topological polar surface area (TPSA) is 59.5 Å². The van der Waals surface area contributed by atoms with Gasteiger partial charge in [0.25, 0.3) is 0 Å². The van der Waals surface area contributed by atoms with Gasteiger partial charge in [0.2, 0.25) is 5.95 Å². The molecule has 0 aliphatic carbocycles. The highest BCUT2D eigenvalue weighted by Crippen LogP contribution is 2.42. The van der Waals surface area contributed by atoms with Gasteiger partial charge in [0, 0.05) is 44.1 Å². The number of anilines is 1. The molecular formula is C22H30N4O2. The minimum atomic E-state index is -0.138. The number of fused-ring (bicyclic) bond motifs is 2. The summed E-state index contributed by atoms with van der Waals surface area (Å²) in [5.74, 6) is 1.65. The summed E-state index contributed by atoms with van der Waals surface area (Å²) in [6.45, 7) is 6.75. The zero-order valence-electron chi connectivity index (χ0n) is 16.9. The maximum atomic E-state index is 6.36. The molecule has 28 heavy (non-hydrogen) atoms. The molecule has 6 heteroatoms. The van der Waals surface area contributed by atoms with Crippen LogP contribution in [0.25, 0.3) is 0 Å². The average molecular weight is 383 g/mol. The Morgan fingerprint density at radius 2 is 2.00 bits per heavy atom. The van der Waals surface area contributed by atoms with E-state index in [1.54, 1.807) is 7.11 Å². The first-order valence-electron chi connectivity index (χ1n) is 10.3. The fourth-order valence-corrected chi connectivity index (χ4v) is 4.29. The third kappa shape index (κ3) is 3.98. The Morgan fingerprint density at radius 1 is 1.21 bits per heavy atom. The monoisotopic (exact) mass is 382 g/mol. The van der Waals surface area contributed by atoms with E-state index < -0.39 is 0 Å². The van der Waals surface area contributed by atoms with Crippen LogP contribution in [0.3, 0.4) is 0 Å². The molecule has 1 fully saturated rings. The van der Waals surface area contributed by atoms with Crippen LogP contribution in [-0.4, -0.2) is 48.2 Å².